The third-order valence-electron chi connectivity index (χ3n) is 8.98. The van der Waals surface area contributed by atoms with Gasteiger partial charge in [-0.2, -0.15) is 0 Å². The number of allylic oxidation sites excluding steroid dienone is 4. The summed E-state index contributed by atoms with van der Waals surface area (Å²) in [6.07, 6.45) is 5.00. The second-order valence-electron chi connectivity index (χ2n) is 10.7. The molecule has 0 radical (unpaired) electrons. The first kappa shape index (κ1) is 23.8. The number of rotatable bonds is 4. The van der Waals surface area contributed by atoms with Crippen molar-refractivity contribution in [2.75, 3.05) is 6.61 Å². The average Bonchev–Trinajstić information content (AvgIpc) is 2.93. The number of ketones is 2. The van der Waals surface area contributed by atoms with Crippen molar-refractivity contribution in [3.05, 3.63) is 23.8 Å². The minimum absolute atomic E-state index is 0.0226. The van der Waals surface area contributed by atoms with E-state index in [0.717, 1.165) is 5.57 Å². The van der Waals surface area contributed by atoms with Crippen molar-refractivity contribution in [2.45, 2.75) is 71.1 Å². The van der Waals surface area contributed by atoms with Crippen LogP contribution in [-0.2, 0) is 23.9 Å². The summed E-state index contributed by atoms with van der Waals surface area (Å²) < 4.78 is 4.96. The van der Waals surface area contributed by atoms with Crippen LogP contribution in [0.1, 0.15) is 53.4 Å². The second kappa shape index (κ2) is 7.87. The maximum atomic E-state index is 13.5. The molecule has 180 valence electrons. The van der Waals surface area contributed by atoms with Crippen molar-refractivity contribution in [3.63, 3.8) is 0 Å². The van der Waals surface area contributed by atoms with Gasteiger partial charge in [0.15, 0.2) is 18.2 Å². The topological polar surface area (TPSA) is 130 Å². The molecule has 3 unspecified atom stereocenters. The Labute approximate surface area is 193 Å². The number of aliphatic hydroxyl groups excluding tert-OH is 2. The van der Waals surface area contributed by atoms with Gasteiger partial charge in [-0.25, -0.2) is 0 Å². The Morgan fingerprint density at radius 1 is 1.21 bits per heavy atom. The summed E-state index contributed by atoms with van der Waals surface area (Å²) in [6, 6.07) is 0. The molecule has 0 saturated heterocycles. The van der Waals surface area contributed by atoms with Crippen LogP contribution in [0.2, 0.25) is 0 Å². The third-order valence-corrected chi connectivity index (χ3v) is 8.98. The Morgan fingerprint density at radius 2 is 1.91 bits per heavy atom. The van der Waals surface area contributed by atoms with Gasteiger partial charge in [-0.05, 0) is 49.7 Å². The summed E-state index contributed by atoms with van der Waals surface area (Å²) in [4.78, 5) is 49.1. The number of nitrogens with one attached hydrogen (secondary N) is 1. The second-order valence-corrected chi connectivity index (χ2v) is 10.7. The lowest BCUT2D eigenvalue weighted by atomic mass is 9.45. The lowest BCUT2D eigenvalue weighted by Gasteiger charge is -2.60. The van der Waals surface area contributed by atoms with Crippen LogP contribution in [-0.4, -0.2) is 58.0 Å². The summed E-state index contributed by atoms with van der Waals surface area (Å²) in [5, 5.41) is 25.5. The maximum absolute atomic E-state index is 13.5. The van der Waals surface area contributed by atoms with Gasteiger partial charge < -0.3 is 20.3 Å². The Morgan fingerprint density at radius 3 is 2.55 bits per heavy atom. The number of ether oxygens (including phenoxy) is 1. The zero-order chi connectivity index (χ0) is 24.3. The van der Waals surface area contributed by atoms with Gasteiger partial charge >= 0.3 is 5.97 Å². The van der Waals surface area contributed by atoms with E-state index in [1.165, 1.54) is 13.8 Å². The van der Waals surface area contributed by atoms with Crippen LogP contribution in [0.5, 0.6) is 0 Å². The van der Waals surface area contributed by atoms with Gasteiger partial charge in [0.1, 0.15) is 5.54 Å². The van der Waals surface area contributed by atoms with Crippen molar-refractivity contribution in [1.82, 2.24) is 5.32 Å². The minimum Gasteiger partial charge on any atom is -0.458 e. The Balaban J connectivity index is 1.77. The van der Waals surface area contributed by atoms with Gasteiger partial charge in [0.2, 0.25) is 5.91 Å². The molecule has 0 heterocycles. The fourth-order valence-corrected chi connectivity index (χ4v) is 7.72. The van der Waals surface area contributed by atoms with Crippen LogP contribution in [0, 0.1) is 28.6 Å². The van der Waals surface area contributed by atoms with E-state index in [2.05, 4.69) is 5.32 Å². The number of Topliss-reactive ketones (excluding diaryl/α,β-unsaturated/α-hetero) is 1. The number of fused-ring (bicyclic) bond motifs is 5. The van der Waals surface area contributed by atoms with Crippen molar-refractivity contribution in [3.8, 4) is 0 Å². The average molecular weight is 460 g/mol. The van der Waals surface area contributed by atoms with Gasteiger partial charge in [0, 0.05) is 30.6 Å². The van der Waals surface area contributed by atoms with Crippen molar-refractivity contribution in [2.24, 2.45) is 28.6 Å². The molecule has 1 amide bonds. The van der Waals surface area contributed by atoms with E-state index >= 15 is 0 Å². The smallest absolute Gasteiger partial charge is 0.303 e. The van der Waals surface area contributed by atoms with Gasteiger partial charge in [-0.3, -0.25) is 19.2 Å². The monoisotopic (exact) mass is 459 g/mol. The van der Waals surface area contributed by atoms with Crippen LogP contribution < -0.4 is 5.32 Å². The van der Waals surface area contributed by atoms with E-state index in [-0.39, 0.29) is 36.4 Å². The molecule has 3 N–H and O–H groups in total. The van der Waals surface area contributed by atoms with Gasteiger partial charge in [-0.1, -0.05) is 25.5 Å². The summed E-state index contributed by atoms with van der Waals surface area (Å²) in [5.74, 6) is -2.07. The first-order valence-electron chi connectivity index (χ1n) is 11.6. The van der Waals surface area contributed by atoms with Crippen LogP contribution in [0.15, 0.2) is 23.8 Å². The normalized spacial score (nSPS) is 43.6. The highest BCUT2D eigenvalue weighted by Gasteiger charge is 2.72. The van der Waals surface area contributed by atoms with Crippen molar-refractivity contribution >= 4 is 23.4 Å². The van der Waals surface area contributed by atoms with Crippen LogP contribution in [0.3, 0.4) is 0 Å². The molecular weight excluding hydrogens is 426 g/mol. The fraction of sp³-hybridized carbons (Fsp3) is 0.680. The molecule has 3 fully saturated rings. The predicted octanol–water partition coefficient (Wildman–Crippen LogP) is 1.24. The predicted molar refractivity (Wildman–Crippen MR) is 118 cm³/mol. The molecule has 8 nitrogen and oxygen atoms in total. The van der Waals surface area contributed by atoms with Crippen molar-refractivity contribution < 1.29 is 34.1 Å². The van der Waals surface area contributed by atoms with E-state index < -0.39 is 52.8 Å². The molecule has 8 heteroatoms. The maximum Gasteiger partial charge on any atom is 0.303 e. The van der Waals surface area contributed by atoms with Crippen LogP contribution in [0.25, 0.3) is 0 Å². The quantitative estimate of drug-likeness (QED) is 0.539. The molecule has 4 aliphatic rings. The number of hydrogen-bond acceptors (Lipinski definition) is 7. The van der Waals surface area contributed by atoms with E-state index in [0.29, 0.717) is 12.8 Å². The summed E-state index contributed by atoms with van der Waals surface area (Å²) in [7, 11) is 0. The molecule has 4 rings (SSSR count). The van der Waals surface area contributed by atoms with Gasteiger partial charge in [0.05, 0.1) is 12.2 Å². The molecule has 0 aromatic carbocycles. The summed E-state index contributed by atoms with van der Waals surface area (Å²) in [5.41, 5.74) is -2.08. The lowest BCUT2D eigenvalue weighted by Crippen LogP contribution is -2.70. The molecular formula is C25H33NO7. The van der Waals surface area contributed by atoms with E-state index in [4.69, 9.17) is 4.74 Å². The minimum atomic E-state index is -1.67. The molecule has 0 spiro atoms. The molecule has 0 aromatic rings. The summed E-state index contributed by atoms with van der Waals surface area (Å²) in [6.45, 7) is 5.81. The standard InChI is InChI=1S/C25H33NO7/c1-13(27)26-25(21(32)12-33-14(2)28)20(31)10-18-17-6-5-15-9-16(29)7-8-23(15,3)22(17)19(30)11-24(18,25)4/h7-9,17-20,22,30-31H,5-6,10-12H2,1-4H3,(H,26,27)/t17?,18?,19-,20+,22?,23-,24-,25-/m0/s1. The van der Waals surface area contributed by atoms with Gasteiger partial charge in [-0.15, -0.1) is 0 Å². The van der Waals surface area contributed by atoms with E-state index in [9.17, 15) is 29.4 Å². The first-order chi connectivity index (χ1) is 15.4. The number of carbonyl (C=O) groups excluding carboxylic acids is 4. The summed E-state index contributed by atoms with van der Waals surface area (Å²) >= 11 is 0. The molecule has 0 aromatic heterocycles. The largest absolute Gasteiger partial charge is 0.458 e. The highest BCUT2D eigenvalue weighted by molar-refractivity contribution is 6.01. The SMILES string of the molecule is CC(=O)N[C@]1(C(=O)COC(C)=O)[C@H](O)CC2C3CCC4=CC(=O)C=C[C@]4(C)C3[C@@H](O)C[C@@]21C. The Kier molecular flexibility index (Phi) is 5.69. The highest BCUT2D eigenvalue weighted by atomic mass is 16.5. The molecule has 4 aliphatic carbocycles. The Bertz CT molecular complexity index is 970. The van der Waals surface area contributed by atoms with Crippen molar-refractivity contribution in [1.29, 1.82) is 0 Å². The zero-order valence-corrected chi connectivity index (χ0v) is 19.6. The number of amides is 1. The molecule has 3 saturated carbocycles. The molecule has 0 bridgehead atoms. The number of esters is 1. The van der Waals surface area contributed by atoms with E-state index in [1.807, 2.05) is 19.9 Å². The van der Waals surface area contributed by atoms with Crippen LogP contribution >= 0.6 is 0 Å². The molecule has 0 aliphatic heterocycles. The van der Waals surface area contributed by atoms with Gasteiger partial charge in [0.25, 0.3) is 0 Å². The molecule has 8 atom stereocenters. The first-order valence-corrected chi connectivity index (χ1v) is 11.6. The number of hydrogen-bond donors (Lipinski definition) is 3. The molecule has 33 heavy (non-hydrogen) atoms. The highest BCUT2D eigenvalue weighted by Crippen LogP contribution is 2.67. The number of carbonyl (C=O) groups is 4. The lowest BCUT2D eigenvalue weighted by molar-refractivity contribution is -0.162. The van der Waals surface area contributed by atoms with Crippen LogP contribution in [0.4, 0.5) is 0 Å². The Hall–Kier alpha value is -2.32. The fourth-order valence-electron chi connectivity index (χ4n) is 7.72. The number of aliphatic hydroxyl groups is 2. The third kappa shape index (κ3) is 3.33. The zero-order valence-electron chi connectivity index (χ0n) is 19.6. The van der Waals surface area contributed by atoms with E-state index in [1.54, 1.807) is 12.2 Å².